The number of hydrogen-bond donors (Lipinski definition) is 1. The van der Waals surface area contributed by atoms with Gasteiger partial charge in [-0.3, -0.25) is 0 Å². The number of aryl methyl sites for hydroxylation is 1. The minimum atomic E-state index is 0.436. The molecule has 0 aromatic heterocycles. The van der Waals surface area contributed by atoms with Gasteiger partial charge in [0.1, 0.15) is 5.75 Å². The third-order valence-electron chi connectivity index (χ3n) is 4.04. The first kappa shape index (κ1) is 15.6. The molecular formula is C20H26O. The summed E-state index contributed by atoms with van der Waals surface area (Å²) in [6.07, 6.45) is 6.72. The first-order valence-corrected chi connectivity index (χ1v) is 8.17. The van der Waals surface area contributed by atoms with Gasteiger partial charge in [0.15, 0.2) is 0 Å². The topological polar surface area (TPSA) is 20.2 Å². The summed E-state index contributed by atoms with van der Waals surface area (Å²) in [5.74, 6) is 0.436. The zero-order valence-electron chi connectivity index (χ0n) is 13.2. The lowest BCUT2D eigenvalue weighted by Gasteiger charge is -2.15. The van der Waals surface area contributed by atoms with Crippen LogP contribution < -0.4 is 0 Å². The van der Waals surface area contributed by atoms with Crippen molar-refractivity contribution in [2.24, 2.45) is 0 Å². The molecular weight excluding hydrogens is 256 g/mol. The van der Waals surface area contributed by atoms with E-state index in [0.717, 1.165) is 31.2 Å². The number of unbranched alkanes of at least 4 members (excludes halogenated alkanes) is 2. The van der Waals surface area contributed by atoms with Crippen LogP contribution in [-0.2, 0) is 12.8 Å². The maximum atomic E-state index is 10.2. The quantitative estimate of drug-likeness (QED) is 0.686. The Morgan fingerprint density at radius 3 is 2.19 bits per heavy atom. The summed E-state index contributed by atoms with van der Waals surface area (Å²) >= 11 is 0. The first-order chi connectivity index (χ1) is 10.3. The fourth-order valence-corrected chi connectivity index (χ4v) is 2.81. The molecule has 0 bridgehead atoms. The number of phenols is 1. The summed E-state index contributed by atoms with van der Waals surface area (Å²) in [4.78, 5) is 0. The molecule has 0 heterocycles. The van der Waals surface area contributed by atoms with E-state index >= 15 is 0 Å². The second-order valence-corrected chi connectivity index (χ2v) is 5.67. The summed E-state index contributed by atoms with van der Waals surface area (Å²) in [6, 6.07) is 14.5. The SMILES string of the molecule is CCCCc1ccccc1-c1cccc(O)c1CCCC. The molecule has 2 aromatic carbocycles. The summed E-state index contributed by atoms with van der Waals surface area (Å²) in [6.45, 7) is 4.42. The highest BCUT2D eigenvalue weighted by atomic mass is 16.3. The van der Waals surface area contributed by atoms with Crippen LogP contribution in [0.2, 0.25) is 0 Å². The maximum absolute atomic E-state index is 10.2. The van der Waals surface area contributed by atoms with Gasteiger partial charge >= 0.3 is 0 Å². The Morgan fingerprint density at radius 1 is 0.762 bits per heavy atom. The highest BCUT2D eigenvalue weighted by Crippen LogP contribution is 2.33. The Kier molecular flexibility index (Phi) is 5.86. The predicted molar refractivity (Wildman–Crippen MR) is 90.8 cm³/mol. The third kappa shape index (κ3) is 3.87. The summed E-state index contributed by atoms with van der Waals surface area (Å²) in [7, 11) is 0. The predicted octanol–water partition coefficient (Wildman–Crippen LogP) is 5.74. The monoisotopic (exact) mass is 282 g/mol. The van der Waals surface area contributed by atoms with Crippen LogP contribution in [0.5, 0.6) is 5.75 Å². The molecule has 1 nitrogen and oxygen atoms in total. The van der Waals surface area contributed by atoms with Crippen molar-refractivity contribution in [3.8, 4) is 16.9 Å². The van der Waals surface area contributed by atoms with E-state index in [1.54, 1.807) is 0 Å². The Morgan fingerprint density at radius 2 is 1.43 bits per heavy atom. The zero-order valence-corrected chi connectivity index (χ0v) is 13.2. The van der Waals surface area contributed by atoms with Crippen molar-refractivity contribution in [1.29, 1.82) is 0 Å². The van der Waals surface area contributed by atoms with E-state index in [1.807, 2.05) is 12.1 Å². The van der Waals surface area contributed by atoms with Crippen molar-refractivity contribution in [2.75, 3.05) is 0 Å². The molecule has 0 spiro atoms. The van der Waals surface area contributed by atoms with Gasteiger partial charge in [-0.2, -0.15) is 0 Å². The Hall–Kier alpha value is -1.76. The van der Waals surface area contributed by atoms with Crippen LogP contribution in [0.4, 0.5) is 0 Å². The Balaban J connectivity index is 2.43. The minimum absolute atomic E-state index is 0.436. The molecule has 1 heteroatoms. The van der Waals surface area contributed by atoms with Gasteiger partial charge in [0, 0.05) is 5.56 Å². The van der Waals surface area contributed by atoms with E-state index in [2.05, 4.69) is 44.2 Å². The van der Waals surface area contributed by atoms with Crippen molar-refractivity contribution in [3.05, 3.63) is 53.6 Å². The van der Waals surface area contributed by atoms with Crippen molar-refractivity contribution in [1.82, 2.24) is 0 Å². The average molecular weight is 282 g/mol. The molecule has 0 unspecified atom stereocenters. The van der Waals surface area contributed by atoms with Crippen LogP contribution in [0.3, 0.4) is 0 Å². The van der Waals surface area contributed by atoms with Gasteiger partial charge in [-0.05, 0) is 48.4 Å². The van der Waals surface area contributed by atoms with Gasteiger partial charge in [0.05, 0.1) is 0 Å². The molecule has 0 amide bonds. The second kappa shape index (κ2) is 7.87. The van der Waals surface area contributed by atoms with Crippen LogP contribution in [0.1, 0.15) is 50.7 Å². The van der Waals surface area contributed by atoms with E-state index in [0.29, 0.717) is 5.75 Å². The lowest BCUT2D eigenvalue weighted by atomic mass is 9.91. The summed E-state index contributed by atoms with van der Waals surface area (Å²) in [5, 5.41) is 10.2. The maximum Gasteiger partial charge on any atom is 0.119 e. The molecule has 2 aromatic rings. The van der Waals surface area contributed by atoms with E-state index in [4.69, 9.17) is 0 Å². The average Bonchev–Trinajstić information content (AvgIpc) is 2.52. The van der Waals surface area contributed by atoms with Gasteiger partial charge in [-0.25, -0.2) is 0 Å². The highest BCUT2D eigenvalue weighted by Gasteiger charge is 2.12. The van der Waals surface area contributed by atoms with E-state index in [1.165, 1.54) is 29.5 Å². The minimum Gasteiger partial charge on any atom is -0.508 e. The molecule has 1 N–H and O–H groups in total. The summed E-state index contributed by atoms with van der Waals surface area (Å²) in [5.41, 5.74) is 4.98. The van der Waals surface area contributed by atoms with Crippen LogP contribution >= 0.6 is 0 Å². The van der Waals surface area contributed by atoms with Crippen molar-refractivity contribution >= 4 is 0 Å². The molecule has 0 saturated heterocycles. The van der Waals surface area contributed by atoms with E-state index in [9.17, 15) is 5.11 Å². The lowest BCUT2D eigenvalue weighted by molar-refractivity contribution is 0.467. The molecule has 0 radical (unpaired) electrons. The standard InChI is InChI=1S/C20H26O/c1-3-5-10-16-11-7-8-13-17(16)18-14-9-15-20(21)19(18)12-6-4-2/h7-9,11,13-15,21H,3-6,10,12H2,1-2H3. The number of aromatic hydroxyl groups is 1. The fourth-order valence-electron chi connectivity index (χ4n) is 2.81. The normalized spacial score (nSPS) is 10.8. The van der Waals surface area contributed by atoms with Crippen molar-refractivity contribution in [3.63, 3.8) is 0 Å². The fraction of sp³-hybridized carbons (Fsp3) is 0.400. The van der Waals surface area contributed by atoms with Crippen LogP contribution in [0.25, 0.3) is 11.1 Å². The molecule has 0 saturated carbocycles. The number of phenolic OH excluding ortho intramolecular Hbond substituents is 1. The Labute approximate surface area is 128 Å². The van der Waals surface area contributed by atoms with Crippen molar-refractivity contribution in [2.45, 2.75) is 52.4 Å². The van der Waals surface area contributed by atoms with Crippen molar-refractivity contribution < 1.29 is 5.11 Å². The third-order valence-corrected chi connectivity index (χ3v) is 4.04. The van der Waals surface area contributed by atoms with E-state index < -0.39 is 0 Å². The Bertz CT molecular complexity index is 572. The highest BCUT2D eigenvalue weighted by molar-refractivity contribution is 5.73. The number of benzene rings is 2. The molecule has 2 rings (SSSR count). The van der Waals surface area contributed by atoms with Gasteiger partial charge in [-0.1, -0.05) is 63.1 Å². The van der Waals surface area contributed by atoms with Crippen LogP contribution in [0, 0.1) is 0 Å². The number of rotatable bonds is 7. The largest absolute Gasteiger partial charge is 0.508 e. The van der Waals surface area contributed by atoms with Gasteiger partial charge in [0.2, 0.25) is 0 Å². The lowest BCUT2D eigenvalue weighted by Crippen LogP contribution is -1.95. The molecule has 112 valence electrons. The first-order valence-electron chi connectivity index (χ1n) is 8.17. The zero-order chi connectivity index (χ0) is 15.1. The van der Waals surface area contributed by atoms with Crippen LogP contribution in [0.15, 0.2) is 42.5 Å². The molecule has 0 atom stereocenters. The van der Waals surface area contributed by atoms with Gasteiger partial charge < -0.3 is 5.11 Å². The van der Waals surface area contributed by atoms with Gasteiger partial charge in [-0.15, -0.1) is 0 Å². The number of hydrogen-bond acceptors (Lipinski definition) is 1. The molecule has 0 aliphatic carbocycles. The molecule has 21 heavy (non-hydrogen) atoms. The molecule has 0 aliphatic heterocycles. The molecule has 0 fully saturated rings. The smallest absolute Gasteiger partial charge is 0.119 e. The van der Waals surface area contributed by atoms with E-state index in [-0.39, 0.29) is 0 Å². The van der Waals surface area contributed by atoms with Crippen LogP contribution in [-0.4, -0.2) is 5.11 Å². The second-order valence-electron chi connectivity index (χ2n) is 5.67. The summed E-state index contributed by atoms with van der Waals surface area (Å²) < 4.78 is 0. The molecule has 0 aliphatic rings. The van der Waals surface area contributed by atoms with Gasteiger partial charge in [0.25, 0.3) is 0 Å².